The normalized spacial score (nSPS) is 10.8. The number of nitrogens with zero attached hydrogens (tertiary/aromatic N) is 4. The molecule has 0 aliphatic rings. The second-order valence-corrected chi connectivity index (χ2v) is 4.81. The molecule has 0 unspecified atom stereocenters. The molecule has 0 bridgehead atoms. The van der Waals surface area contributed by atoms with Crippen molar-refractivity contribution in [2.24, 2.45) is 0 Å². The minimum atomic E-state index is -0.416. The molecule has 0 aromatic carbocycles. The van der Waals surface area contributed by atoms with Gasteiger partial charge in [0, 0.05) is 6.54 Å². The number of aromatic nitrogens is 4. The average molecular weight is 297 g/mol. The van der Waals surface area contributed by atoms with Crippen molar-refractivity contribution in [3.8, 4) is 0 Å². The van der Waals surface area contributed by atoms with E-state index in [1.807, 2.05) is 25.5 Å². The molecule has 0 aliphatic heterocycles. The molecule has 6 nitrogen and oxygen atoms in total. The van der Waals surface area contributed by atoms with Crippen molar-refractivity contribution in [1.29, 1.82) is 0 Å². The molecule has 2 rings (SSSR count). The van der Waals surface area contributed by atoms with Gasteiger partial charge in [0.05, 0.1) is 36.3 Å². The first-order valence-corrected chi connectivity index (χ1v) is 6.69. The van der Waals surface area contributed by atoms with E-state index in [-0.39, 0.29) is 0 Å². The lowest BCUT2D eigenvalue weighted by Gasteiger charge is -2.11. The Bertz CT molecular complexity index is 645. The van der Waals surface area contributed by atoms with Crippen LogP contribution in [0.1, 0.15) is 34.6 Å². The van der Waals surface area contributed by atoms with Gasteiger partial charge in [-0.15, -0.1) is 0 Å². The highest BCUT2D eigenvalue weighted by molar-refractivity contribution is 6.31. The first-order chi connectivity index (χ1) is 9.49. The van der Waals surface area contributed by atoms with E-state index in [1.54, 1.807) is 4.57 Å². The van der Waals surface area contributed by atoms with Crippen LogP contribution < -0.4 is 0 Å². The van der Waals surface area contributed by atoms with Crippen LogP contribution in [0.3, 0.4) is 0 Å². The number of aryl methyl sites for hydroxylation is 3. The SMILES string of the molecule is CCn1nc(C)c(Cl)c1Cn1c(C(=O)OC)cnc1C. The smallest absolute Gasteiger partial charge is 0.356 e. The van der Waals surface area contributed by atoms with Gasteiger partial charge in [0.15, 0.2) is 0 Å². The second-order valence-electron chi connectivity index (χ2n) is 4.43. The number of hydrogen-bond donors (Lipinski definition) is 0. The largest absolute Gasteiger partial charge is 0.464 e. The van der Waals surface area contributed by atoms with E-state index in [4.69, 9.17) is 16.3 Å². The Morgan fingerprint density at radius 2 is 2.15 bits per heavy atom. The summed E-state index contributed by atoms with van der Waals surface area (Å²) in [7, 11) is 1.35. The Hall–Kier alpha value is -1.82. The standard InChI is InChI=1S/C13H17ClN4O2/c1-5-18-11(12(14)8(2)16-18)7-17-9(3)15-6-10(17)13(19)20-4/h6H,5,7H2,1-4H3. The van der Waals surface area contributed by atoms with Gasteiger partial charge >= 0.3 is 5.97 Å². The Morgan fingerprint density at radius 3 is 2.75 bits per heavy atom. The summed E-state index contributed by atoms with van der Waals surface area (Å²) in [4.78, 5) is 15.9. The van der Waals surface area contributed by atoms with E-state index in [0.29, 0.717) is 23.8 Å². The third-order valence-corrected chi connectivity index (χ3v) is 3.70. The number of carbonyl (C=O) groups is 1. The molecule has 0 radical (unpaired) electrons. The minimum absolute atomic E-state index is 0.405. The number of esters is 1. The van der Waals surface area contributed by atoms with Gasteiger partial charge < -0.3 is 9.30 Å². The molecular formula is C13H17ClN4O2. The van der Waals surface area contributed by atoms with Gasteiger partial charge in [-0.25, -0.2) is 9.78 Å². The van der Waals surface area contributed by atoms with E-state index >= 15 is 0 Å². The van der Waals surface area contributed by atoms with Gasteiger partial charge in [-0.3, -0.25) is 4.68 Å². The van der Waals surface area contributed by atoms with Crippen molar-refractivity contribution in [2.45, 2.75) is 33.9 Å². The molecule has 2 heterocycles. The summed E-state index contributed by atoms with van der Waals surface area (Å²) in [5.74, 6) is 0.309. The highest BCUT2D eigenvalue weighted by atomic mass is 35.5. The zero-order chi connectivity index (χ0) is 14.9. The fraction of sp³-hybridized carbons (Fsp3) is 0.462. The third-order valence-electron chi connectivity index (χ3n) is 3.21. The van der Waals surface area contributed by atoms with Crippen LogP contribution in [-0.2, 0) is 17.8 Å². The fourth-order valence-corrected chi connectivity index (χ4v) is 2.30. The molecule has 7 heteroatoms. The van der Waals surface area contributed by atoms with Crippen molar-refractivity contribution >= 4 is 17.6 Å². The van der Waals surface area contributed by atoms with Crippen molar-refractivity contribution in [3.63, 3.8) is 0 Å². The van der Waals surface area contributed by atoms with Gasteiger partial charge in [0.2, 0.25) is 0 Å². The van der Waals surface area contributed by atoms with E-state index in [1.165, 1.54) is 13.3 Å². The predicted molar refractivity (Wildman–Crippen MR) is 75.1 cm³/mol. The first kappa shape index (κ1) is 14.6. The summed E-state index contributed by atoms with van der Waals surface area (Å²) < 4.78 is 8.37. The van der Waals surface area contributed by atoms with Crippen LogP contribution in [0.5, 0.6) is 0 Å². The third kappa shape index (κ3) is 2.43. The molecule has 2 aromatic rings. The van der Waals surface area contributed by atoms with E-state index in [0.717, 1.165) is 17.2 Å². The number of methoxy groups -OCH3 is 1. The lowest BCUT2D eigenvalue weighted by molar-refractivity contribution is 0.0588. The van der Waals surface area contributed by atoms with E-state index in [9.17, 15) is 4.79 Å². The Kier molecular flexibility index (Phi) is 4.13. The van der Waals surface area contributed by atoms with Gasteiger partial charge in [0.25, 0.3) is 0 Å². The van der Waals surface area contributed by atoms with E-state index < -0.39 is 5.97 Å². The van der Waals surface area contributed by atoms with Crippen LogP contribution in [-0.4, -0.2) is 32.4 Å². The lowest BCUT2D eigenvalue weighted by atomic mass is 10.3. The number of carbonyl (C=O) groups excluding carboxylic acids is 1. The molecule has 0 spiro atoms. The zero-order valence-electron chi connectivity index (χ0n) is 12.0. The van der Waals surface area contributed by atoms with Crippen molar-refractivity contribution in [3.05, 3.63) is 34.1 Å². The van der Waals surface area contributed by atoms with Crippen molar-refractivity contribution < 1.29 is 9.53 Å². The summed E-state index contributed by atoms with van der Waals surface area (Å²) in [5, 5.41) is 4.99. The van der Waals surface area contributed by atoms with Crippen LogP contribution >= 0.6 is 11.6 Å². The zero-order valence-corrected chi connectivity index (χ0v) is 12.7. The maximum Gasteiger partial charge on any atom is 0.356 e. The van der Waals surface area contributed by atoms with E-state index in [2.05, 4.69) is 10.1 Å². The number of rotatable bonds is 4. The second kappa shape index (κ2) is 5.66. The predicted octanol–water partition coefficient (Wildman–Crippen LogP) is 2.20. The summed E-state index contributed by atoms with van der Waals surface area (Å²) in [6, 6.07) is 0. The van der Waals surface area contributed by atoms with Gasteiger partial charge in [-0.2, -0.15) is 5.10 Å². The van der Waals surface area contributed by atoms with Crippen LogP contribution in [0.4, 0.5) is 0 Å². The van der Waals surface area contributed by atoms with Gasteiger partial charge in [-0.05, 0) is 20.8 Å². The number of ether oxygens (including phenoxy) is 1. The molecule has 2 aromatic heterocycles. The number of hydrogen-bond acceptors (Lipinski definition) is 4. The molecule has 0 aliphatic carbocycles. The Balaban J connectivity index is 2.45. The van der Waals surface area contributed by atoms with Gasteiger partial charge in [0.1, 0.15) is 11.5 Å². The minimum Gasteiger partial charge on any atom is -0.464 e. The molecule has 108 valence electrons. The molecular weight excluding hydrogens is 280 g/mol. The summed E-state index contributed by atoms with van der Waals surface area (Å²) >= 11 is 6.29. The van der Waals surface area contributed by atoms with Crippen LogP contribution in [0.15, 0.2) is 6.20 Å². The lowest BCUT2D eigenvalue weighted by Crippen LogP contribution is -2.15. The van der Waals surface area contributed by atoms with Crippen LogP contribution in [0, 0.1) is 13.8 Å². The first-order valence-electron chi connectivity index (χ1n) is 6.31. The molecule has 20 heavy (non-hydrogen) atoms. The molecule has 0 saturated heterocycles. The number of halogens is 1. The fourth-order valence-electron chi connectivity index (χ4n) is 2.11. The number of imidazole rings is 1. The molecule has 0 fully saturated rings. The van der Waals surface area contributed by atoms with Crippen molar-refractivity contribution in [1.82, 2.24) is 19.3 Å². The van der Waals surface area contributed by atoms with Crippen LogP contribution in [0.25, 0.3) is 0 Å². The highest BCUT2D eigenvalue weighted by Gasteiger charge is 2.19. The summed E-state index contributed by atoms with van der Waals surface area (Å²) in [6.45, 7) is 6.84. The van der Waals surface area contributed by atoms with Crippen LogP contribution in [0.2, 0.25) is 5.02 Å². The monoisotopic (exact) mass is 296 g/mol. The Labute approximate surface area is 122 Å². The van der Waals surface area contributed by atoms with Gasteiger partial charge in [-0.1, -0.05) is 11.6 Å². The summed E-state index contributed by atoms with van der Waals surface area (Å²) in [6.07, 6.45) is 1.51. The quantitative estimate of drug-likeness (QED) is 0.812. The highest BCUT2D eigenvalue weighted by Crippen LogP contribution is 2.22. The maximum absolute atomic E-state index is 11.7. The molecule has 0 saturated carbocycles. The molecule has 0 amide bonds. The summed E-state index contributed by atoms with van der Waals surface area (Å²) in [5.41, 5.74) is 2.04. The molecule has 0 N–H and O–H groups in total. The average Bonchev–Trinajstić information content (AvgIpc) is 2.93. The molecule has 0 atom stereocenters. The topological polar surface area (TPSA) is 61.9 Å². The van der Waals surface area contributed by atoms with Crippen molar-refractivity contribution in [2.75, 3.05) is 7.11 Å². The maximum atomic E-state index is 11.7. The Morgan fingerprint density at radius 1 is 1.45 bits per heavy atom.